The molecule has 1 aromatic heterocycles. The molecule has 1 amide bonds. The highest BCUT2D eigenvalue weighted by atomic mass is 32.1. The van der Waals surface area contributed by atoms with Gasteiger partial charge in [0.15, 0.2) is 0 Å². The minimum absolute atomic E-state index is 0.0970. The van der Waals surface area contributed by atoms with Crippen LogP contribution in [0.3, 0.4) is 0 Å². The summed E-state index contributed by atoms with van der Waals surface area (Å²) in [5.41, 5.74) is 0.984. The SMILES string of the molecule is O=C1N(c2ccsc2)CC[C@@]12CCCNC2. The molecule has 16 heavy (non-hydrogen) atoms. The van der Waals surface area contributed by atoms with Crippen LogP contribution < -0.4 is 10.2 Å². The molecule has 1 atom stereocenters. The summed E-state index contributed by atoms with van der Waals surface area (Å²) in [6.07, 6.45) is 3.19. The number of hydrogen-bond acceptors (Lipinski definition) is 3. The van der Waals surface area contributed by atoms with Crippen LogP contribution in [0, 0.1) is 5.41 Å². The summed E-state index contributed by atoms with van der Waals surface area (Å²) in [5, 5.41) is 7.47. The first-order chi connectivity index (χ1) is 7.82. The topological polar surface area (TPSA) is 32.3 Å². The Morgan fingerprint density at radius 2 is 2.38 bits per heavy atom. The highest BCUT2D eigenvalue weighted by molar-refractivity contribution is 7.08. The van der Waals surface area contributed by atoms with Crippen LogP contribution >= 0.6 is 11.3 Å². The van der Waals surface area contributed by atoms with Crippen molar-refractivity contribution in [2.24, 2.45) is 5.41 Å². The highest BCUT2D eigenvalue weighted by Gasteiger charge is 2.47. The molecule has 1 aromatic rings. The molecule has 2 aliphatic rings. The van der Waals surface area contributed by atoms with Crippen LogP contribution in [0.5, 0.6) is 0 Å². The molecule has 2 saturated heterocycles. The van der Waals surface area contributed by atoms with Crippen LogP contribution in [0.15, 0.2) is 16.8 Å². The Morgan fingerprint density at radius 3 is 3.06 bits per heavy atom. The van der Waals surface area contributed by atoms with Crippen LogP contribution in [0.2, 0.25) is 0 Å². The van der Waals surface area contributed by atoms with E-state index in [4.69, 9.17) is 0 Å². The Morgan fingerprint density at radius 1 is 1.44 bits per heavy atom. The van der Waals surface area contributed by atoms with Crippen molar-refractivity contribution >= 4 is 22.9 Å². The molecule has 2 aliphatic heterocycles. The molecule has 3 rings (SSSR count). The van der Waals surface area contributed by atoms with Gasteiger partial charge in [-0.3, -0.25) is 4.79 Å². The Hall–Kier alpha value is -0.870. The zero-order valence-electron chi connectivity index (χ0n) is 9.24. The Kier molecular flexibility index (Phi) is 2.48. The second kappa shape index (κ2) is 3.86. The molecule has 1 N–H and O–H groups in total. The molecule has 3 heterocycles. The van der Waals surface area contributed by atoms with Crippen molar-refractivity contribution in [2.75, 3.05) is 24.5 Å². The van der Waals surface area contributed by atoms with Crippen molar-refractivity contribution in [1.29, 1.82) is 0 Å². The van der Waals surface area contributed by atoms with Gasteiger partial charge in [-0.1, -0.05) is 0 Å². The summed E-state index contributed by atoms with van der Waals surface area (Å²) >= 11 is 1.65. The van der Waals surface area contributed by atoms with E-state index in [0.717, 1.165) is 44.6 Å². The number of amides is 1. The van der Waals surface area contributed by atoms with Gasteiger partial charge < -0.3 is 10.2 Å². The van der Waals surface area contributed by atoms with Crippen molar-refractivity contribution in [2.45, 2.75) is 19.3 Å². The van der Waals surface area contributed by atoms with E-state index in [9.17, 15) is 4.79 Å². The number of thiophene rings is 1. The number of rotatable bonds is 1. The molecular formula is C12H16N2OS. The zero-order valence-corrected chi connectivity index (χ0v) is 10.1. The maximum absolute atomic E-state index is 12.5. The lowest BCUT2D eigenvalue weighted by atomic mass is 9.79. The minimum atomic E-state index is -0.0970. The average molecular weight is 236 g/mol. The van der Waals surface area contributed by atoms with Gasteiger partial charge in [0.05, 0.1) is 11.1 Å². The van der Waals surface area contributed by atoms with E-state index in [1.165, 1.54) is 0 Å². The van der Waals surface area contributed by atoms with Crippen molar-refractivity contribution < 1.29 is 4.79 Å². The van der Waals surface area contributed by atoms with Crippen LogP contribution in [0.4, 0.5) is 5.69 Å². The van der Waals surface area contributed by atoms with Gasteiger partial charge in [0.2, 0.25) is 5.91 Å². The Labute approximate surface area is 99.5 Å². The van der Waals surface area contributed by atoms with Crippen LogP contribution in [0.1, 0.15) is 19.3 Å². The molecular weight excluding hydrogens is 220 g/mol. The van der Waals surface area contributed by atoms with E-state index >= 15 is 0 Å². The first-order valence-electron chi connectivity index (χ1n) is 5.87. The largest absolute Gasteiger partial charge is 0.316 e. The molecule has 0 unspecified atom stereocenters. The summed E-state index contributed by atoms with van der Waals surface area (Å²) < 4.78 is 0. The highest BCUT2D eigenvalue weighted by Crippen LogP contribution is 2.40. The number of carbonyl (C=O) groups is 1. The number of nitrogens with zero attached hydrogens (tertiary/aromatic N) is 1. The maximum atomic E-state index is 12.5. The fourth-order valence-corrected chi connectivity index (χ4v) is 3.48. The molecule has 3 nitrogen and oxygen atoms in total. The molecule has 1 spiro atoms. The molecule has 86 valence electrons. The molecule has 0 aromatic carbocycles. The fourth-order valence-electron chi connectivity index (χ4n) is 2.84. The molecule has 0 aliphatic carbocycles. The fraction of sp³-hybridized carbons (Fsp3) is 0.583. The summed E-state index contributed by atoms with van der Waals surface area (Å²) in [6.45, 7) is 2.82. The third-order valence-corrected chi connectivity index (χ3v) is 4.47. The Balaban J connectivity index is 1.84. The van der Waals surface area contributed by atoms with Crippen LogP contribution in [-0.4, -0.2) is 25.5 Å². The van der Waals surface area contributed by atoms with E-state index < -0.39 is 0 Å². The second-order valence-corrected chi connectivity index (χ2v) is 5.53. The summed E-state index contributed by atoms with van der Waals surface area (Å²) in [6, 6.07) is 2.04. The number of carbonyl (C=O) groups excluding carboxylic acids is 1. The van der Waals surface area contributed by atoms with Gasteiger partial charge >= 0.3 is 0 Å². The van der Waals surface area contributed by atoms with Crippen LogP contribution in [-0.2, 0) is 4.79 Å². The lowest BCUT2D eigenvalue weighted by Gasteiger charge is -2.32. The van der Waals surface area contributed by atoms with Gasteiger partial charge in [0, 0.05) is 18.5 Å². The molecule has 0 radical (unpaired) electrons. The smallest absolute Gasteiger partial charge is 0.234 e. The molecule has 0 saturated carbocycles. The first kappa shape index (κ1) is 10.3. The van der Waals surface area contributed by atoms with Crippen molar-refractivity contribution in [3.63, 3.8) is 0 Å². The van der Waals surface area contributed by atoms with E-state index in [0.29, 0.717) is 5.91 Å². The predicted molar refractivity (Wildman–Crippen MR) is 65.8 cm³/mol. The zero-order chi connectivity index (χ0) is 11.0. The third kappa shape index (κ3) is 1.48. The summed E-state index contributed by atoms with van der Waals surface area (Å²) in [4.78, 5) is 14.4. The normalized spacial score (nSPS) is 30.2. The quantitative estimate of drug-likeness (QED) is 0.807. The number of anilines is 1. The van der Waals surface area contributed by atoms with Gasteiger partial charge in [-0.25, -0.2) is 0 Å². The minimum Gasteiger partial charge on any atom is -0.316 e. The van der Waals surface area contributed by atoms with Crippen molar-refractivity contribution in [3.8, 4) is 0 Å². The standard InChI is InChI=1S/C12H16N2OS/c15-11-12(3-1-5-13-9-12)4-6-14(11)10-2-7-16-8-10/h2,7-8,13H,1,3-6,9H2/t12-/m1/s1. The number of piperidine rings is 1. The lowest BCUT2D eigenvalue weighted by Crippen LogP contribution is -2.45. The first-order valence-corrected chi connectivity index (χ1v) is 6.81. The van der Waals surface area contributed by atoms with Gasteiger partial charge in [-0.15, -0.1) is 0 Å². The Bertz CT molecular complexity index is 382. The van der Waals surface area contributed by atoms with E-state index in [1.54, 1.807) is 11.3 Å². The van der Waals surface area contributed by atoms with Crippen LogP contribution in [0.25, 0.3) is 0 Å². The third-order valence-electron chi connectivity index (χ3n) is 3.80. The average Bonchev–Trinajstić information content (AvgIpc) is 2.92. The van der Waals surface area contributed by atoms with E-state index in [-0.39, 0.29) is 5.41 Å². The van der Waals surface area contributed by atoms with E-state index in [1.807, 2.05) is 16.3 Å². The summed E-state index contributed by atoms with van der Waals surface area (Å²) in [5.74, 6) is 0.332. The molecule has 4 heteroatoms. The van der Waals surface area contributed by atoms with Gasteiger partial charge in [0.1, 0.15) is 0 Å². The van der Waals surface area contributed by atoms with Crippen molar-refractivity contribution in [3.05, 3.63) is 16.8 Å². The van der Waals surface area contributed by atoms with E-state index in [2.05, 4.69) is 10.7 Å². The monoisotopic (exact) mass is 236 g/mol. The van der Waals surface area contributed by atoms with Gasteiger partial charge in [-0.2, -0.15) is 11.3 Å². The number of nitrogens with one attached hydrogen (secondary N) is 1. The van der Waals surface area contributed by atoms with Crippen molar-refractivity contribution in [1.82, 2.24) is 5.32 Å². The number of hydrogen-bond donors (Lipinski definition) is 1. The van der Waals surface area contributed by atoms with Gasteiger partial charge in [-0.05, 0) is 37.3 Å². The van der Waals surface area contributed by atoms with Gasteiger partial charge in [0.25, 0.3) is 0 Å². The predicted octanol–water partition coefficient (Wildman–Crippen LogP) is 1.85. The summed E-state index contributed by atoms with van der Waals surface area (Å²) in [7, 11) is 0. The molecule has 0 bridgehead atoms. The second-order valence-electron chi connectivity index (χ2n) is 4.75. The maximum Gasteiger partial charge on any atom is 0.234 e. The lowest BCUT2D eigenvalue weighted by molar-refractivity contribution is -0.126. The molecule has 2 fully saturated rings.